The minimum absolute atomic E-state index is 0.145. The Balaban J connectivity index is 1.94. The summed E-state index contributed by atoms with van der Waals surface area (Å²) in [5.41, 5.74) is -0.974. The summed E-state index contributed by atoms with van der Waals surface area (Å²) in [4.78, 5) is 16.3. The molecular weight excluding hydrogens is 326 g/mol. The van der Waals surface area contributed by atoms with Crippen molar-refractivity contribution in [3.8, 4) is 6.07 Å². The first-order chi connectivity index (χ1) is 11.2. The van der Waals surface area contributed by atoms with E-state index >= 15 is 0 Å². The van der Waals surface area contributed by atoms with Gasteiger partial charge in [0.2, 0.25) is 10.0 Å². The van der Waals surface area contributed by atoms with Gasteiger partial charge in [-0.1, -0.05) is 19.9 Å². The number of nitriles is 1. The summed E-state index contributed by atoms with van der Waals surface area (Å²) in [5.74, 6) is -0.163. The van der Waals surface area contributed by atoms with E-state index in [9.17, 15) is 18.5 Å². The smallest absolute Gasteiger partial charge is 0.244 e. The Bertz CT molecular complexity index is 853. The summed E-state index contributed by atoms with van der Waals surface area (Å²) in [6, 6.07) is 5.10. The lowest BCUT2D eigenvalue weighted by molar-refractivity contribution is -0.125. The SMILES string of the molecule is CC1(C)CC2(C=C(C#N)C1=O)CCN(S(=O)(=O)c1cccnc1)C2. The Morgan fingerprint density at radius 3 is 2.75 bits per heavy atom. The minimum Gasteiger partial charge on any atom is -0.293 e. The van der Waals surface area contributed by atoms with E-state index in [0.29, 0.717) is 19.4 Å². The fourth-order valence-electron chi connectivity index (χ4n) is 3.80. The highest BCUT2D eigenvalue weighted by atomic mass is 32.2. The van der Waals surface area contributed by atoms with Crippen molar-refractivity contribution in [2.45, 2.75) is 31.6 Å². The molecule has 1 aliphatic carbocycles. The summed E-state index contributed by atoms with van der Waals surface area (Å²) in [7, 11) is -3.62. The van der Waals surface area contributed by atoms with E-state index in [1.807, 2.05) is 19.9 Å². The first kappa shape index (κ1) is 16.8. The van der Waals surface area contributed by atoms with E-state index in [4.69, 9.17) is 0 Å². The average molecular weight is 345 g/mol. The van der Waals surface area contributed by atoms with Gasteiger partial charge >= 0.3 is 0 Å². The van der Waals surface area contributed by atoms with Crippen LogP contribution in [0.3, 0.4) is 0 Å². The van der Waals surface area contributed by atoms with Crippen LogP contribution in [0.25, 0.3) is 0 Å². The number of pyridine rings is 1. The number of hydrogen-bond acceptors (Lipinski definition) is 5. The Labute approximate surface area is 141 Å². The van der Waals surface area contributed by atoms with Crippen molar-refractivity contribution >= 4 is 15.8 Å². The highest BCUT2D eigenvalue weighted by Crippen LogP contribution is 2.48. The normalized spacial score (nSPS) is 27.0. The van der Waals surface area contributed by atoms with Crippen molar-refractivity contribution in [3.05, 3.63) is 36.2 Å². The largest absolute Gasteiger partial charge is 0.293 e. The molecule has 1 unspecified atom stereocenters. The van der Waals surface area contributed by atoms with Gasteiger partial charge in [-0.3, -0.25) is 9.78 Å². The van der Waals surface area contributed by atoms with Gasteiger partial charge in [0.15, 0.2) is 5.78 Å². The van der Waals surface area contributed by atoms with Crippen LogP contribution in [0.1, 0.15) is 26.7 Å². The fraction of sp³-hybridized carbons (Fsp3) is 0.471. The molecule has 126 valence electrons. The monoisotopic (exact) mass is 345 g/mol. The Morgan fingerprint density at radius 2 is 2.12 bits per heavy atom. The molecule has 1 aromatic heterocycles. The maximum absolute atomic E-state index is 12.8. The molecule has 1 aromatic rings. The van der Waals surface area contributed by atoms with Gasteiger partial charge in [0.25, 0.3) is 0 Å². The van der Waals surface area contributed by atoms with Crippen LogP contribution in [-0.4, -0.2) is 36.6 Å². The predicted octanol–water partition coefficient (Wildman–Crippen LogP) is 1.91. The third-order valence-electron chi connectivity index (χ3n) is 4.85. The zero-order valence-corrected chi connectivity index (χ0v) is 14.5. The predicted molar refractivity (Wildman–Crippen MR) is 87.1 cm³/mol. The van der Waals surface area contributed by atoms with Gasteiger partial charge < -0.3 is 0 Å². The molecule has 1 aliphatic heterocycles. The van der Waals surface area contributed by atoms with Crippen LogP contribution in [-0.2, 0) is 14.8 Å². The highest BCUT2D eigenvalue weighted by Gasteiger charge is 2.50. The first-order valence-corrected chi connectivity index (χ1v) is 9.22. The van der Waals surface area contributed by atoms with E-state index < -0.39 is 20.9 Å². The lowest BCUT2D eigenvalue weighted by atomic mass is 9.64. The maximum atomic E-state index is 12.8. The Hall–Kier alpha value is -2.04. The first-order valence-electron chi connectivity index (χ1n) is 7.78. The van der Waals surface area contributed by atoms with Gasteiger partial charge in [0, 0.05) is 36.3 Å². The molecule has 7 heteroatoms. The number of sulfonamides is 1. The lowest BCUT2D eigenvalue weighted by Gasteiger charge is -2.38. The number of hydrogen-bond donors (Lipinski definition) is 0. The number of carbonyl (C=O) groups is 1. The van der Waals surface area contributed by atoms with Crippen molar-refractivity contribution in [1.29, 1.82) is 5.26 Å². The number of Topliss-reactive ketones (excluding diaryl/α,β-unsaturated/α-hetero) is 1. The van der Waals surface area contributed by atoms with Crippen LogP contribution in [0.15, 0.2) is 41.1 Å². The fourth-order valence-corrected chi connectivity index (χ4v) is 5.30. The number of carbonyl (C=O) groups excluding carboxylic acids is 1. The van der Waals surface area contributed by atoms with Crippen LogP contribution >= 0.6 is 0 Å². The summed E-state index contributed by atoms with van der Waals surface area (Å²) in [6.07, 6.45) is 5.71. The third kappa shape index (κ3) is 2.66. The molecule has 0 radical (unpaired) electrons. The second-order valence-corrected chi connectivity index (χ2v) is 9.14. The Kier molecular flexibility index (Phi) is 3.85. The van der Waals surface area contributed by atoms with Crippen LogP contribution in [0.4, 0.5) is 0 Å². The van der Waals surface area contributed by atoms with Crippen LogP contribution in [0.5, 0.6) is 0 Å². The second kappa shape index (κ2) is 5.50. The molecule has 0 amide bonds. The van der Waals surface area contributed by atoms with Crippen molar-refractivity contribution < 1.29 is 13.2 Å². The van der Waals surface area contributed by atoms with Crippen LogP contribution < -0.4 is 0 Å². The molecule has 0 saturated carbocycles. The van der Waals surface area contributed by atoms with E-state index in [1.54, 1.807) is 12.1 Å². The van der Waals surface area contributed by atoms with Gasteiger partial charge in [-0.15, -0.1) is 0 Å². The molecule has 1 atom stereocenters. The topological polar surface area (TPSA) is 91.1 Å². The summed E-state index contributed by atoms with van der Waals surface area (Å²) >= 11 is 0. The highest BCUT2D eigenvalue weighted by molar-refractivity contribution is 7.89. The number of aromatic nitrogens is 1. The van der Waals surface area contributed by atoms with E-state index in [2.05, 4.69) is 4.98 Å². The molecule has 1 saturated heterocycles. The van der Waals surface area contributed by atoms with Crippen molar-refractivity contribution in [1.82, 2.24) is 9.29 Å². The maximum Gasteiger partial charge on any atom is 0.244 e. The molecular formula is C17H19N3O3S. The molecule has 0 bridgehead atoms. The minimum atomic E-state index is -3.62. The molecule has 2 aliphatic rings. The van der Waals surface area contributed by atoms with Crippen molar-refractivity contribution in [2.75, 3.05) is 13.1 Å². The summed E-state index contributed by atoms with van der Waals surface area (Å²) < 4.78 is 27.0. The van der Waals surface area contributed by atoms with Gasteiger partial charge in [0.1, 0.15) is 11.0 Å². The molecule has 24 heavy (non-hydrogen) atoms. The molecule has 0 N–H and O–H groups in total. The van der Waals surface area contributed by atoms with Gasteiger partial charge in [-0.05, 0) is 25.0 Å². The van der Waals surface area contributed by atoms with Gasteiger partial charge in [-0.25, -0.2) is 8.42 Å². The molecule has 1 spiro atoms. The Morgan fingerprint density at radius 1 is 1.38 bits per heavy atom. The van der Waals surface area contributed by atoms with E-state index in [0.717, 1.165) is 0 Å². The molecule has 0 aromatic carbocycles. The molecule has 1 fully saturated rings. The van der Waals surface area contributed by atoms with E-state index in [1.165, 1.54) is 22.8 Å². The number of nitrogens with zero attached hydrogens (tertiary/aromatic N) is 3. The average Bonchev–Trinajstić information content (AvgIpc) is 2.95. The molecule has 6 nitrogen and oxygen atoms in total. The van der Waals surface area contributed by atoms with Crippen molar-refractivity contribution in [2.24, 2.45) is 10.8 Å². The van der Waals surface area contributed by atoms with Crippen LogP contribution in [0, 0.1) is 22.2 Å². The van der Waals surface area contributed by atoms with Crippen LogP contribution in [0.2, 0.25) is 0 Å². The number of ketones is 1. The van der Waals surface area contributed by atoms with Gasteiger partial charge in [0.05, 0.1) is 5.57 Å². The molecule has 2 heterocycles. The lowest BCUT2D eigenvalue weighted by Crippen LogP contribution is -2.40. The number of rotatable bonds is 2. The van der Waals surface area contributed by atoms with Crippen molar-refractivity contribution in [3.63, 3.8) is 0 Å². The summed E-state index contributed by atoms with van der Waals surface area (Å²) in [5, 5.41) is 9.26. The second-order valence-electron chi connectivity index (χ2n) is 7.20. The molecule has 3 rings (SSSR count). The number of allylic oxidation sites excluding steroid dienone is 1. The zero-order chi connectivity index (χ0) is 17.6. The standard InChI is InChI=1S/C17H19N3O3S/c1-16(2)11-17(8-13(9-18)15(16)21)5-7-20(12-17)24(22,23)14-4-3-6-19-10-14/h3-4,6,8,10H,5,7,11-12H2,1-2H3. The van der Waals surface area contributed by atoms with E-state index in [-0.39, 0.29) is 22.8 Å². The summed E-state index contributed by atoms with van der Waals surface area (Å²) in [6.45, 7) is 4.29. The zero-order valence-electron chi connectivity index (χ0n) is 13.7. The quantitative estimate of drug-likeness (QED) is 0.816. The third-order valence-corrected chi connectivity index (χ3v) is 6.68. The van der Waals surface area contributed by atoms with Gasteiger partial charge in [-0.2, -0.15) is 9.57 Å².